The summed E-state index contributed by atoms with van der Waals surface area (Å²) in [5, 5.41) is 0. The summed E-state index contributed by atoms with van der Waals surface area (Å²) >= 11 is 3.59. The Balaban J connectivity index is 2.80. The molecule has 0 saturated carbocycles. The minimum absolute atomic E-state index is 0.563. The zero-order valence-corrected chi connectivity index (χ0v) is 12.9. The van der Waals surface area contributed by atoms with Gasteiger partial charge in [-0.2, -0.15) is 0 Å². The van der Waals surface area contributed by atoms with Crippen molar-refractivity contribution in [2.75, 3.05) is 14.2 Å². The monoisotopic (exact) mass is 299 g/mol. The van der Waals surface area contributed by atoms with E-state index < -0.39 is 0 Å². The molecular formula is C14H22BrNO. The standard InChI is InChI=1S/C14H22BrNO/c1-10(2)11(3)16(4)9-12-8-13(17-5)6-7-14(12)15/h6-8,10-11H,9H2,1-5H3. The van der Waals surface area contributed by atoms with Gasteiger partial charge in [0, 0.05) is 17.1 Å². The fraction of sp³-hybridized carbons (Fsp3) is 0.571. The van der Waals surface area contributed by atoms with Gasteiger partial charge in [-0.25, -0.2) is 0 Å². The normalized spacial score (nSPS) is 13.2. The lowest BCUT2D eigenvalue weighted by molar-refractivity contribution is 0.200. The molecule has 96 valence electrons. The van der Waals surface area contributed by atoms with Crippen molar-refractivity contribution in [2.24, 2.45) is 5.92 Å². The lowest BCUT2D eigenvalue weighted by atomic mass is 10.0. The van der Waals surface area contributed by atoms with Crippen LogP contribution < -0.4 is 4.74 Å². The van der Waals surface area contributed by atoms with E-state index in [9.17, 15) is 0 Å². The second kappa shape index (κ2) is 6.41. The van der Waals surface area contributed by atoms with E-state index in [4.69, 9.17) is 4.74 Å². The molecule has 0 bridgehead atoms. The molecule has 0 aliphatic heterocycles. The van der Waals surface area contributed by atoms with Crippen LogP contribution in [0.15, 0.2) is 22.7 Å². The Morgan fingerprint density at radius 1 is 1.29 bits per heavy atom. The van der Waals surface area contributed by atoms with E-state index in [1.54, 1.807) is 7.11 Å². The molecule has 0 aliphatic carbocycles. The molecule has 1 atom stereocenters. The maximum absolute atomic E-state index is 5.26. The van der Waals surface area contributed by atoms with E-state index in [-0.39, 0.29) is 0 Å². The molecule has 3 heteroatoms. The van der Waals surface area contributed by atoms with Crippen LogP contribution in [0.1, 0.15) is 26.3 Å². The zero-order valence-electron chi connectivity index (χ0n) is 11.3. The van der Waals surface area contributed by atoms with Crippen LogP contribution in [0.5, 0.6) is 5.75 Å². The highest BCUT2D eigenvalue weighted by molar-refractivity contribution is 9.10. The number of rotatable bonds is 5. The summed E-state index contributed by atoms with van der Waals surface area (Å²) in [5.41, 5.74) is 1.26. The largest absolute Gasteiger partial charge is 0.497 e. The van der Waals surface area contributed by atoms with Crippen molar-refractivity contribution in [3.05, 3.63) is 28.2 Å². The van der Waals surface area contributed by atoms with Crippen LogP contribution >= 0.6 is 15.9 Å². The predicted octanol–water partition coefficient (Wildman–Crippen LogP) is 3.93. The van der Waals surface area contributed by atoms with Gasteiger partial charge in [0.25, 0.3) is 0 Å². The summed E-state index contributed by atoms with van der Waals surface area (Å²) in [7, 11) is 3.87. The van der Waals surface area contributed by atoms with Crippen LogP contribution in [0.2, 0.25) is 0 Å². The maximum Gasteiger partial charge on any atom is 0.119 e. The molecule has 1 rings (SSSR count). The molecule has 0 fully saturated rings. The Kier molecular flexibility index (Phi) is 5.47. The van der Waals surface area contributed by atoms with E-state index in [1.807, 2.05) is 12.1 Å². The van der Waals surface area contributed by atoms with Gasteiger partial charge >= 0.3 is 0 Å². The SMILES string of the molecule is COc1ccc(Br)c(CN(C)C(C)C(C)C)c1. The Hall–Kier alpha value is -0.540. The van der Waals surface area contributed by atoms with Crippen LogP contribution in [0.3, 0.4) is 0 Å². The van der Waals surface area contributed by atoms with Gasteiger partial charge in [0.2, 0.25) is 0 Å². The van der Waals surface area contributed by atoms with Gasteiger partial charge < -0.3 is 4.74 Å². The average Bonchev–Trinajstić information content (AvgIpc) is 2.30. The molecule has 0 N–H and O–H groups in total. The highest BCUT2D eigenvalue weighted by Gasteiger charge is 2.14. The summed E-state index contributed by atoms with van der Waals surface area (Å²) in [6.45, 7) is 7.69. The van der Waals surface area contributed by atoms with Crippen LogP contribution in [0.4, 0.5) is 0 Å². The van der Waals surface area contributed by atoms with Crippen LogP contribution in [-0.2, 0) is 6.54 Å². The first kappa shape index (κ1) is 14.5. The van der Waals surface area contributed by atoms with E-state index in [2.05, 4.69) is 54.7 Å². The molecule has 0 saturated heterocycles. The lowest BCUT2D eigenvalue weighted by Crippen LogP contribution is -2.32. The number of methoxy groups -OCH3 is 1. The molecule has 0 aromatic heterocycles. The predicted molar refractivity (Wildman–Crippen MR) is 76.5 cm³/mol. The molecule has 0 radical (unpaired) electrons. The molecule has 0 heterocycles. The molecule has 17 heavy (non-hydrogen) atoms. The molecule has 2 nitrogen and oxygen atoms in total. The van der Waals surface area contributed by atoms with Crippen LogP contribution in [0.25, 0.3) is 0 Å². The second-order valence-electron chi connectivity index (χ2n) is 4.86. The van der Waals surface area contributed by atoms with Crippen molar-refractivity contribution in [1.82, 2.24) is 4.90 Å². The molecule has 1 aromatic rings. The third-order valence-electron chi connectivity index (χ3n) is 3.33. The molecule has 0 spiro atoms. The molecular weight excluding hydrogens is 278 g/mol. The maximum atomic E-state index is 5.26. The summed E-state index contributed by atoms with van der Waals surface area (Å²) < 4.78 is 6.40. The van der Waals surface area contributed by atoms with Crippen LogP contribution in [-0.4, -0.2) is 25.1 Å². The van der Waals surface area contributed by atoms with Crippen molar-refractivity contribution >= 4 is 15.9 Å². The Bertz CT molecular complexity index is 365. The Labute approximate surface area is 113 Å². The first-order chi connectivity index (χ1) is 7.95. The summed E-state index contributed by atoms with van der Waals surface area (Å²) in [5.74, 6) is 1.57. The van der Waals surface area contributed by atoms with Gasteiger partial charge in [-0.1, -0.05) is 29.8 Å². The molecule has 1 unspecified atom stereocenters. The average molecular weight is 300 g/mol. The topological polar surface area (TPSA) is 12.5 Å². The highest BCUT2D eigenvalue weighted by Crippen LogP contribution is 2.24. The van der Waals surface area contributed by atoms with E-state index in [0.29, 0.717) is 12.0 Å². The fourth-order valence-electron chi connectivity index (χ4n) is 1.72. The Morgan fingerprint density at radius 2 is 1.94 bits per heavy atom. The number of hydrogen-bond donors (Lipinski definition) is 0. The number of ether oxygens (including phenoxy) is 1. The van der Waals surface area contributed by atoms with E-state index in [0.717, 1.165) is 16.8 Å². The van der Waals surface area contributed by atoms with E-state index in [1.165, 1.54) is 5.56 Å². The third kappa shape index (κ3) is 4.00. The second-order valence-corrected chi connectivity index (χ2v) is 5.71. The highest BCUT2D eigenvalue weighted by atomic mass is 79.9. The van der Waals surface area contributed by atoms with Gasteiger partial charge in [0.05, 0.1) is 7.11 Å². The Morgan fingerprint density at radius 3 is 2.47 bits per heavy atom. The summed E-state index contributed by atoms with van der Waals surface area (Å²) in [4.78, 5) is 2.37. The number of benzene rings is 1. The molecule has 1 aromatic carbocycles. The van der Waals surface area contributed by atoms with E-state index >= 15 is 0 Å². The summed E-state index contributed by atoms with van der Waals surface area (Å²) in [6.07, 6.45) is 0. The summed E-state index contributed by atoms with van der Waals surface area (Å²) in [6, 6.07) is 6.67. The first-order valence-corrected chi connectivity index (χ1v) is 6.77. The molecule has 0 aliphatic rings. The van der Waals surface area contributed by atoms with Gasteiger partial charge in [-0.3, -0.25) is 4.90 Å². The minimum atomic E-state index is 0.563. The smallest absolute Gasteiger partial charge is 0.119 e. The number of hydrogen-bond acceptors (Lipinski definition) is 2. The minimum Gasteiger partial charge on any atom is -0.497 e. The van der Waals surface area contributed by atoms with Gasteiger partial charge in [-0.15, -0.1) is 0 Å². The van der Waals surface area contributed by atoms with Crippen LogP contribution in [0, 0.1) is 5.92 Å². The fourth-order valence-corrected chi connectivity index (χ4v) is 2.09. The number of halogens is 1. The van der Waals surface area contributed by atoms with Crippen molar-refractivity contribution < 1.29 is 4.74 Å². The van der Waals surface area contributed by atoms with Crippen molar-refractivity contribution in [3.8, 4) is 5.75 Å². The van der Waals surface area contributed by atoms with Gasteiger partial charge in [0.1, 0.15) is 5.75 Å². The van der Waals surface area contributed by atoms with Crippen molar-refractivity contribution in [2.45, 2.75) is 33.4 Å². The van der Waals surface area contributed by atoms with Gasteiger partial charge in [0.15, 0.2) is 0 Å². The lowest BCUT2D eigenvalue weighted by Gasteiger charge is -2.28. The van der Waals surface area contributed by atoms with Gasteiger partial charge in [-0.05, 0) is 43.7 Å². The number of nitrogens with zero attached hydrogens (tertiary/aromatic N) is 1. The van der Waals surface area contributed by atoms with Crippen molar-refractivity contribution in [3.63, 3.8) is 0 Å². The molecule has 0 amide bonds. The quantitative estimate of drug-likeness (QED) is 0.817. The first-order valence-electron chi connectivity index (χ1n) is 5.98. The van der Waals surface area contributed by atoms with Crippen molar-refractivity contribution in [1.29, 1.82) is 0 Å². The zero-order chi connectivity index (χ0) is 13.0. The third-order valence-corrected chi connectivity index (χ3v) is 4.11.